The normalized spacial score (nSPS) is 15.3. The zero-order chi connectivity index (χ0) is 12.8. The third-order valence-corrected chi connectivity index (χ3v) is 3.39. The summed E-state index contributed by atoms with van der Waals surface area (Å²) in [4.78, 5) is 4.34. The van der Waals surface area contributed by atoms with Crippen molar-refractivity contribution in [3.8, 4) is 5.75 Å². The lowest BCUT2D eigenvalue weighted by molar-refractivity contribution is 0.300. The molecular weight excluding hydrogens is 353 g/mol. The average molecular weight is 375 g/mol. The number of rotatable bonds is 5. The van der Waals surface area contributed by atoms with Crippen molar-refractivity contribution < 1.29 is 4.74 Å². The molecule has 0 atom stereocenters. The molecule has 0 saturated heterocycles. The monoisotopic (exact) mass is 375 g/mol. The van der Waals surface area contributed by atoms with Crippen molar-refractivity contribution in [2.75, 3.05) is 19.0 Å². The third kappa shape index (κ3) is 5.26. The van der Waals surface area contributed by atoms with Crippen LogP contribution in [0.2, 0.25) is 0 Å². The second-order valence-electron chi connectivity index (χ2n) is 4.71. The number of guanidine groups is 1. The van der Waals surface area contributed by atoms with E-state index >= 15 is 0 Å². The van der Waals surface area contributed by atoms with Crippen LogP contribution in [0.15, 0.2) is 29.3 Å². The lowest BCUT2D eigenvalue weighted by Crippen LogP contribution is -2.23. The number of methoxy groups -OCH3 is 1. The average Bonchev–Trinajstić information content (AvgIpc) is 2.32. The van der Waals surface area contributed by atoms with E-state index in [4.69, 9.17) is 10.5 Å². The molecule has 0 radical (unpaired) electrons. The minimum atomic E-state index is 0. The number of benzene rings is 1. The number of nitrogens with one attached hydrogen (secondary N) is 1. The number of halogens is 1. The highest BCUT2D eigenvalue weighted by Crippen LogP contribution is 2.29. The predicted molar refractivity (Wildman–Crippen MR) is 90.5 cm³/mol. The van der Waals surface area contributed by atoms with Gasteiger partial charge in [0.2, 0.25) is 0 Å². The molecule has 0 amide bonds. The maximum atomic E-state index is 5.84. The van der Waals surface area contributed by atoms with Crippen molar-refractivity contribution in [3.63, 3.8) is 0 Å². The van der Waals surface area contributed by atoms with Crippen LogP contribution >= 0.6 is 24.0 Å². The summed E-state index contributed by atoms with van der Waals surface area (Å²) in [5.41, 5.74) is 6.74. The molecule has 3 N–H and O–H groups in total. The first-order chi connectivity index (χ1) is 8.78. The molecule has 19 heavy (non-hydrogen) atoms. The van der Waals surface area contributed by atoms with E-state index in [-0.39, 0.29) is 24.0 Å². The zero-order valence-electron chi connectivity index (χ0n) is 11.3. The summed E-state index contributed by atoms with van der Waals surface area (Å²) in [6.45, 7) is 0.813. The second-order valence-corrected chi connectivity index (χ2v) is 4.71. The molecule has 1 aromatic carbocycles. The van der Waals surface area contributed by atoms with E-state index in [0.717, 1.165) is 30.3 Å². The number of hydrogen-bond acceptors (Lipinski definition) is 2. The minimum absolute atomic E-state index is 0. The Kier molecular flexibility index (Phi) is 6.97. The van der Waals surface area contributed by atoms with Gasteiger partial charge in [0.15, 0.2) is 5.96 Å². The summed E-state index contributed by atoms with van der Waals surface area (Å²) >= 11 is 0. The molecule has 0 aromatic heterocycles. The van der Waals surface area contributed by atoms with Gasteiger partial charge < -0.3 is 15.8 Å². The Bertz CT molecular complexity index is 419. The number of nitrogens with two attached hydrogens (primary N) is 1. The van der Waals surface area contributed by atoms with Gasteiger partial charge in [-0.1, -0.05) is 25.3 Å². The van der Waals surface area contributed by atoms with E-state index < -0.39 is 0 Å². The summed E-state index contributed by atoms with van der Waals surface area (Å²) in [7, 11) is 1.65. The topological polar surface area (TPSA) is 59.6 Å². The van der Waals surface area contributed by atoms with Gasteiger partial charge in [-0.15, -0.1) is 24.0 Å². The quantitative estimate of drug-likeness (QED) is 0.472. The van der Waals surface area contributed by atoms with Crippen LogP contribution < -0.4 is 15.8 Å². The number of anilines is 1. The molecule has 0 spiro atoms. The van der Waals surface area contributed by atoms with Gasteiger partial charge in [0, 0.05) is 18.3 Å². The van der Waals surface area contributed by atoms with E-state index in [1.54, 1.807) is 7.11 Å². The second kappa shape index (κ2) is 8.24. The Morgan fingerprint density at radius 2 is 2.26 bits per heavy atom. The van der Waals surface area contributed by atoms with E-state index in [2.05, 4.69) is 10.3 Å². The molecule has 4 nitrogen and oxygen atoms in total. The van der Waals surface area contributed by atoms with Crippen molar-refractivity contribution in [2.45, 2.75) is 25.7 Å². The summed E-state index contributed by atoms with van der Waals surface area (Å²) in [5, 5.41) is 3.07. The Balaban J connectivity index is 0.00000180. The molecule has 1 aliphatic carbocycles. The van der Waals surface area contributed by atoms with Crippen molar-refractivity contribution in [3.05, 3.63) is 24.3 Å². The maximum absolute atomic E-state index is 5.84. The number of aliphatic imine (C=N–C) groups is 1. The number of ether oxygens (including phenoxy) is 1. The molecule has 0 heterocycles. The van der Waals surface area contributed by atoms with Crippen molar-refractivity contribution in [1.29, 1.82) is 0 Å². The Hall–Kier alpha value is -0.980. The van der Waals surface area contributed by atoms with Crippen molar-refractivity contribution in [1.82, 2.24) is 0 Å². The van der Waals surface area contributed by atoms with Gasteiger partial charge in [0.25, 0.3) is 0 Å². The molecule has 5 heteroatoms. The van der Waals surface area contributed by atoms with Crippen LogP contribution in [-0.2, 0) is 0 Å². The fourth-order valence-electron chi connectivity index (χ4n) is 2.04. The van der Waals surface area contributed by atoms with Gasteiger partial charge >= 0.3 is 0 Å². The largest absolute Gasteiger partial charge is 0.497 e. The van der Waals surface area contributed by atoms with Crippen LogP contribution in [0.25, 0.3) is 0 Å². The van der Waals surface area contributed by atoms with Gasteiger partial charge in [-0.2, -0.15) is 0 Å². The highest BCUT2D eigenvalue weighted by atomic mass is 127. The molecule has 1 fully saturated rings. The van der Waals surface area contributed by atoms with Crippen LogP contribution in [-0.4, -0.2) is 19.6 Å². The van der Waals surface area contributed by atoms with Crippen LogP contribution in [0.1, 0.15) is 25.7 Å². The molecule has 0 bridgehead atoms. The van der Waals surface area contributed by atoms with Crippen LogP contribution in [0, 0.1) is 5.92 Å². The van der Waals surface area contributed by atoms with Crippen molar-refractivity contribution >= 4 is 35.6 Å². The summed E-state index contributed by atoms with van der Waals surface area (Å²) < 4.78 is 5.15. The number of nitrogens with zero attached hydrogens (tertiary/aromatic N) is 1. The molecule has 2 rings (SSSR count). The lowest BCUT2D eigenvalue weighted by Gasteiger charge is -2.24. The molecule has 0 aliphatic heterocycles. The molecule has 0 unspecified atom stereocenters. The van der Waals surface area contributed by atoms with E-state index in [1.807, 2.05) is 24.3 Å². The molecular formula is C14H22IN3O. The summed E-state index contributed by atoms with van der Waals surface area (Å²) in [6, 6.07) is 7.66. The van der Waals surface area contributed by atoms with E-state index in [9.17, 15) is 0 Å². The molecule has 106 valence electrons. The minimum Gasteiger partial charge on any atom is -0.497 e. The Morgan fingerprint density at radius 1 is 1.47 bits per heavy atom. The van der Waals surface area contributed by atoms with Crippen LogP contribution in [0.4, 0.5) is 5.69 Å². The fourth-order valence-corrected chi connectivity index (χ4v) is 2.04. The van der Waals surface area contributed by atoms with Crippen LogP contribution in [0.5, 0.6) is 5.75 Å². The van der Waals surface area contributed by atoms with E-state index in [1.165, 1.54) is 19.3 Å². The Labute approximate surface area is 131 Å². The first kappa shape index (κ1) is 16.1. The fraction of sp³-hybridized carbons (Fsp3) is 0.500. The molecule has 1 saturated carbocycles. The molecule has 1 aliphatic rings. The highest BCUT2D eigenvalue weighted by Gasteiger charge is 2.16. The molecule has 1 aromatic rings. The maximum Gasteiger partial charge on any atom is 0.193 e. The van der Waals surface area contributed by atoms with Crippen molar-refractivity contribution in [2.24, 2.45) is 16.6 Å². The van der Waals surface area contributed by atoms with Gasteiger partial charge in [-0.3, -0.25) is 4.99 Å². The van der Waals surface area contributed by atoms with Gasteiger partial charge in [-0.25, -0.2) is 0 Å². The third-order valence-electron chi connectivity index (χ3n) is 3.39. The zero-order valence-corrected chi connectivity index (χ0v) is 13.6. The first-order valence-corrected chi connectivity index (χ1v) is 6.49. The summed E-state index contributed by atoms with van der Waals surface area (Å²) in [5.74, 6) is 2.16. The highest BCUT2D eigenvalue weighted by molar-refractivity contribution is 14.0. The van der Waals surface area contributed by atoms with E-state index in [0.29, 0.717) is 5.96 Å². The lowest BCUT2D eigenvalue weighted by atomic mass is 9.83. The predicted octanol–water partition coefficient (Wildman–Crippen LogP) is 3.23. The standard InChI is InChI=1S/C14H21N3O.HI/c1-18-13-7-3-6-12(10-13)17-14(15)16-9-8-11-4-2-5-11;/h3,6-7,10-11H,2,4-5,8-9H2,1H3,(H3,15,16,17);1H. The van der Waals surface area contributed by atoms with Gasteiger partial charge in [0.05, 0.1) is 7.11 Å². The van der Waals surface area contributed by atoms with Crippen LogP contribution in [0.3, 0.4) is 0 Å². The Morgan fingerprint density at radius 3 is 2.89 bits per heavy atom. The number of hydrogen-bond donors (Lipinski definition) is 2. The van der Waals surface area contributed by atoms with Gasteiger partial charge in [0.1, 0.15) is 5.75 Å². The SMILES string of the molecule is COc1cccc(NC(N)=NCCC2CCC2)c1.I. The first-order valence-electron chi connectivity index (χ1n) is 6.49. The van der Waals surface area contributed by atoms with Gasteiger partial charge in [-0.05, 0) is 24.5 Å². The smallest absolute Gasteiger partial charge is 0.193 e. The summed E-state index contributed by atoms with van der Waals surface area (Å²) in [6.07, 6.45) is 5.25.